The average molecular weight is 407 g/mol. The van der Waals surface area contributed by atoms with Crippen LogP contribution in [0.25, 0.3) is 0 Å². The minimum atomic E-state index is -6.20. The molecule has 0 aliphatic rings. The van der Waals surface area contributed by atoms with Gasteiger partial charge in [-0.3, -0.25) is 4.79 Å². The number of amides is 1. The first-order chi connectivity index (χ1) is 12.7. The van der Waals surface area contributed by atoms with Crippen LogP contribution in [-0.2, 0) is 5.67 Å². The molecule has 9 heteroatoms. The zero-order chi connectivity index (χ0) is 21.5. The SMILES string of the molecule is Cc1ccc(C(=O)Nc2c(C)cc(C(F)(C(F)(F)F)C(F)(F)F)cc2C)cc1. The van der Waals surface area contributed by atoms with Crippen molar-refractivity contribution in [2.75, 3.05) is 5.32 Å². The highest BCUT2D eigenvalue weighted by Crippen LogP contribution is 2.53. The molecule has 2 nitrogen and oxygen atoms in total. The smallest absolute Gasteiger partial charge is 0.322 e. The quantitative estimate of drug-likeness (QED) is 0.608. The van der Waals surface area contributed by atoms with Crippen LogP contribution >= 0.6 is 0 Å². The Morgan fingerprint density at radius 3 is 1.61 bits per heavy atom. The first-order valence-corrected chi connectivity index (χ1v) is 8.00. The van der Waals surface area contributed by atoms with Gasteiger partial charge in [0.15, 0.2) is 0 Å². The van der Waals surface area contributed by atoms with Crippen LogP contribution < -0.4 is 5.32 Å². The molecule has 0 radical (unpaired) electrons. The summed E-state index contributed by atoms with van der Waals surface area (Å²) in [5.74, 6) is -0.600. The molecule has 0 aliphatic heterocycles. The summed E-state index contributed by atoms with van der Waals surface area (Å²) in [4.78, 5) is 12.3. The minimum Gasteiger partial charge on any atom is -0.322 e. The van der Waals surface area contributed by atoms with Gasteiger partial charge in [-0.15, -0.1) is 0 Å². The number of anilines is 1. The second-order valence-electron chi connectivity index (χ2n) is 6.46. The normalized spacial score (nSPS) is 12.8. The molecule has 28 heavy (non-hydrogen) atoms. The van der Waals surface area contributed by atoms with Gasteiger partial charge in [-0.2, -0.15) is 26.3 Å². The van der Waals surface area contributed by atoms with Crippen LogP contribution in [0.15, 0.2) is 36.4 Å². The van der Waals surface area contributed by atoms with Gasteiger partial charge in [0.2, 0.25) is 0 Å². The van der Waals surface area contributed by atoms with Gasteiger partial charge in [0.25, 0.3) is 5.91 Å². The lowest BCUT2D eigenvalue weighted by Gasteiger charge is -2.31. The standard InChI is InChI=1S/C19H16F7NO/c1-10-4-6-13(7-5-10)16(28)27-15-11(2)8-14(9-12(15)3)17(20,18(21,22)23)19(24,25)26/h4-9H,1-3H3,(H,27,28). The lowest BCUT2D eigenvalue weighted by molar-refractivity contribution is -0.348. The van der Waals surface area contributed by atoms with E-state index in [4.69, 9.17) is 0 Å². The lowest BCUT2D eigenvalue weighted by Crippen LogP contribution is -2.50. The summed E-state index contributed by atoms with van der Waals surface area (Å²) in [7, 11) is 0. The third kappa shape index (κ3) is 3.83. The summed E-state index contributed by atoms with van der Waals surface area (Å²) in [6, 6.07) is 7.26. The number of benzene rings is 2. The zero-order valence-corrected chi connectivity index (χ0v) is 15.0. The molecule has 0 bridgehead atoms. The molecule has 2 aromatic rings. The van der Waals surface area contributed by atoms with Crippen molar-refractivity contribution < 1.29 is 35.5 Å². The molecule has 0 unspecified atom stereocenters. The number of carbonyl (C=O) groups excluding carboxylic acids is 1. The zero-order valence-electron chi connectivity index (χ0n) is 15.0. The molecule has 152 valence electrons. The second-order valence-corrected chi connectivity index (χ2v) is 6.46. The number of nitrogens with one attached hydrogen (secondary N) is 1. The Morgan fingerprint density at radius 1 is 0.786 bits per heavy atom. The molecule has 2 rings (SSSR count). The van der Waals surface area contributed by atoms with E-state index in [2.05, 4.69) is 5.32 Å². The fourth-order valence-electron chi connectivity index (χ4n) is 2.74. The Balaban J connectivity index is 2.47. The highest BCUT2D eigenvalue weighted by Gasteiger charge is 2.73. The fourth-order valence-corrected chi connectivity index (χ4v) is 2.74. The highest BCUT2D eigenvalue weighted by molar-refractivity contribution is 6.05. The molecule has 0 saturated carbocycles. The van der Waals surface area contributed by atoms with E-state index in [1.54, 1.807) is 19.1 Å². The molecule has 0 aliphatic carbocycles. The summed E-state index contributed by atoms with van der Waals surface area (Å²) in [5.41, 5.74) is -6.21. The number of rotatable bonds is 3. The van der Waals surface area contributed by atoms with E-state index in [1.165, 1.54) is 26.0 Å². The Kier molecular flexibility index (Phi) is 5.51. The first kappa shape index (κ1) is 21.7. The van der Waals surface area contributed by atoms with Gasteiger partial charge < -0.3 is 5.32 Å². The van der Waals surface area contributed by atoms with Gasteiger partial charge in [0.1, 0.15) is 0 Å². The minimum absolute atomic E-state index is 0.0148. The summed E-state index contributed by atoms with van der Waals surface area (Å²) >= 11 is 0. The molecule has 0 saturated heterocycles. The van der Waals surface area contributed by atoms with E-state index in [9.17, 15) is 35.5 Å². The van der Waals surface area contributed by atoms with Crippen molar-refractivity contribution in [1.29, 1.82) is 0 Å². The summed E-state index contributed by atoms with van der Waals surface area (Å²) in [6.45, 7) is 4.18. The molecule has 2 aromatic carbocycles. The molecule has 0 fully saturated rings. The molecule has 1 amide bonds. The van der Waals surface area contributed by atoms with Gasteiger partial charge >= 0.3 is 18.0 Å². The van der Waals surface area contributed by atoms with Crippen LogP contribution in [0.1, 0.15) is 32.6 Å². The third-order valence-corrected chi connectivity index (χ3v) is 4.26. The predicted octanol–water partition coefficient (Wildman–Crippen LogP) is 6.15. The van der Waals surface area contributed by atoms with Crippen LogP contribution in [0.4, 0.5) is 36.4 Å². The largest absolute Gasteiger partial charge is 0.435 e. The predicted molar refractivity (Wildman–Crippen MR) is 89.9 cm³/mol. The monoisotopic (exact) mass is 407 g/mol. The molecule has 1 N–H and O–H groups in total. The number of aryl methyl sites for hydroxylation is 3. The van der Waals surface area contributed by atoms with E-state index in [0.717, 1.165) is 5.56 Å². The maximum atomic E-state index is 14.3. The second kappa shape index (κ2) is 7.10. The number of hydrogen-bond acceptors (Lipinski definition) is 1. The molecule has 0 atom stereocenters. The van der Waals surface area contributed by atoms with Gasteiger partial charge in [0, 0.05) is 16.8 Å². The Labute approximate surface area is 156 Å². The van der Waals surface area contributed by atoms with Gasteiger partial charge in [-0.25, -0.2) is 4.39 Å². The molecular formula is C19H16F7NO. The Bertz CT molecular complexity index is 846. The summed E-state index contributed by atoms with van der Waals surface area (Å²) < 4.78 is 92.0. The Hall–Kier alpha value is -2.58. The van der Waals surface area contributed by atoms with Crippen molar-refractivity contribution in [3.8, 4) is 0 Å². The van der Waals surface area contributed by atoms with Crippen molar-refractivity contribution >= 4 is 11.6 Å². The third-order valence-electron chi connectivity index (χ3n) is 4.26. The van der Waals surface area contributed by atoms with Crippen LogP contribution in [0.3, 0.4) is 0 Å². The average Bonchev–Trinajstić information content (AvgIpc) is 2.55. The molecule has 0 heterocycles. The molecular weight excluding hydrogens is 391 g/mol. The summed E-state index contributed by atoms with van der Waals surface area (Å²) in [6.07, 6.45) is -12.4. The molecule has 0 aromatic heterocycles. The first-order valence-electron chi connectivity index (χ1n) is 8.00. The van der Waals surface area contributed by atoms with E-state index in [0.29, 0.717) is 12.1 Å². The van der Waals surface area contributed by atoms with Crippen LogP contribution in [0.2, 0.25) is 0 Å². The van der Waals surface area contributed by atoms with Gasteiger partial charge in [-0.05, 0) is 44.0 Å². The number of alkyl halides is 7. The number of carbonyl (C=O) groups is 1. The van der Waals surface area contributed by atoms with Crippen molar-refractivity contribution in [1.82, 2.24) is 0 Å². The molecule has 0 spiro atoms. The van der Waals surface area contributed by atoms with Crippen LogP contribution in [0.5, 0.6) is 0 Å². The van der Waals surface area contributed by atoms with E-state index >= 15 is 0 Å². The van der Waals surface area contributed by atoms with E-state index < -0.39 is 29.5 Å². The maximum Gasteiger partial charge on any atom is 0.435 e. The van der Waals surface area contributed by atoms with Gasteiger partial charge in [0.05, 0.1) is 0 Å². The fraction of sp³-hybridized carbons (Fsp3) is 0.316. The van der Waals surface area contributed by atoms with Crippen molar-refractivity contribution in [2.45, 2.75) is 38.8 Å². The lowest BCUT2D eigenvalue weighted by atomic mass is 9.90. The van der Waals surface area contributed by atoms with E-state index in [-0.39, 0.29) is 22.4 Å². The Morgan fingerprint density at radius 2 is 1.21 bits per heavy atom. The van der Waals surface area contributed by atoms with Crippen LogP contribution in [0, 0.1) is 20.8 Å². The number of halogens is 7. The van der Waals surface area contributed by atoms with Crippen LogP contribution in [-0.4, -0.2) is 18.3 Å². The maximum absolute atomic E-state index is 14.3. The summed E-state index contributed by atoms with van der Waals surface area (Å²) in [5, 5.41) is 2.45. The van der Waals surface area contributed by atoms with Gasteiger partial charge in [-0.1, -0.05) is 29.8 Å². The highest BCUT2D eigenvalue weighted by atomic mass is 19.4. The van der Waals surface area contributed by atoms with E-state index in [1.807, 2.05) is 0 Å². The van der Waals surface area contributed by atoms with Crippen molar-refractivity contribution in [3.63, 3.8) is 0 Å². The van der Waals surface area contributed by atoms with Crippen molar-refractivity contribution in [3.05, 3.63) is 64.2 Å². The topological polar surface area (TPSA) is 29.1 Å². The van der Waals surface area contributed by atoms with Crippen molar-refractivity contribution in [2.24, 2.45) is 0 Å². The number of hydrogen-bond donors (Lipinski definition) is 1.